The first-order valence-electron chi connectivity index (χ1n) is 8.87. The Balaban J connectivity index is 1.63. The first-order chi connectivity index (χ1) is 13.1. The molecule has 1 amide bonds. The van der Waals surface area contributed by atoms with Crippen molar-refractivity contribution in [1.82, 2.24) is 4.90 Å². The van der Waals surface area contributed by atoms with Gasteiger partial charge < -0.3 is 14.7 Å². The average molecular weight is 361 g/mol. The number of carbonyl (C=O) groups excluding carboxylic acids is 1. The average Bonchev–Trinajstić information content (AvgIpc) is 2.96. The summed E-state index contributed by atoms with van der Waals surface area (Å²) >= 11 is 0. The number of carbonyl (C=O) groups is 2. The monoisotopic (exact) mass is 361 g/mol. The van der Waals surface area contributed by atoms with Gasteiger partial charge in [0.05, 0.1) is 6.61 Å². The third-order valence-corrected chi connectivity index (χ3v) is 4.80. The molecule has 27 heavy (non-hydrogen) atoms. The van der Waals surface area contributed by atoms with Gasteiger partial charge in [-0.25, -0.2) is 4.79 Å². The standard InChI is InChI=1S/C22H19NO4/c1-2-27-20-11-18-17(10-19(20)22(25)26)13-23(21(18)24)12-14-7-8-15-5-3-4-6-16(15)9-14/h3-11H,2,12-13H2,1H3,(H,25,26). The van der Waals surface area contributed by atoms with Crippen LogP contribution in [0.5, 0.6) is 5.75 Å². The summed E-state index contributed by atoms with van der Waals surface area (Å²) in [6.45, 7) is 3.00. The number of nitrogens with zero attached hydrogens (tertiary/aromatic N) is 1. The lowest BCUT2D eigenvalue weighted by molar-refractivity contribution is 0.0691. The molecule has 1 N–H and O–H groups in total. The second-order valence-electron chi connectivity index (χ2n) is 6.59. The van der Waals surface area contributed by atoms with Crippen LogP contribution in [0.15, 0.2) is 54.6 Å². The largest absolute Gasteiger partial charge is 0.493 e. The van der Waals surface area contributed by atoms with Gasteiger partial charge in [-0.1, -0.05) is 36.4 Å². The Labute approximate surface area is 156 Å². The van der Waals surface area contributed by atoms with Crippen LogP contribution in [0.2, 0.25) is 0 Å². The van der Waals surface area contributed by atoms with Gasteiger partial charge in [-0.05, 0) is 47.0 Å². The van der Waals surface area contributed by atoms with Crippen LogP contribution in [0.25, 0.3) is 10.8 Å². The van der Waals surface area contributed by atoms with Gasteiger partial charge >= 0.3 is 5.97 Å². The van der Waals surface area contributed by atoms with Gasteiger partial charge in [0.15, 0.2) is 0 Å². The van der Waals surface area contributed by atoms with Crippen LogP contribution in [-0.4, -0.2) is 28.5 Å². The van der Waals surface area contributed by atoms with E-state index in [9.17, 15) is 14.7 Å². The summed E-state index contributed by atoms with van der Waals surface area (Å²) in [6.07, 6.45) is 0. The quantitative estimate of drug-likeness (QED) is 0.743. The zero-order valence-electron chi connectivity index (χ0n) is 14.9. The SMILES string of the molecule is CCOc1cc2c(cc1C(=O)O)CN(Cc1ccc3ccccc3c1)C2=O. The summed E-state index contributed by atoms with van der Waals surface area (Å²) in [6, 6.07) is 17.4. The van der Waals surface area contributed by atoms with Gasteiger partial charge in [0.25, 0.3) is 5.91 Å². The molecule has 0 saturated heterocycles. The Kier molecular flexibility index (Phi) is 4.28. The van der Waals surface area contributed by atoms with Crippen LogP contribution >= 0.6 is 0 Å². The van der Waals surface area contributed by atoms with Crippen LogP contribution in [0.1, 0.15) is 38.8 Å². The maximum atomic E-state index is 12.8. The Hall–Kier alpha value is -3.34. The minimum absolute atomic E-state index is 0.0935. The summed E-state index contributed by atoms with van der Waals surface area (Å²) in [5, 5.41) is 11.7. The lowest BCUT2D eigenvalue weighted by Gasteiger charge is -2.16. The minimum atomic E-state index is -1.05. The highest BCUT2D eigenvalue weighted by atomic mass is 16.5. The number of hydrogen-bond acceptors (Lipinski definition) is 3. The van der Waals surface area contributed by atoms with E-state index in [1.807, 2.05) is 30.3 Å². The molecule has 0 spiro atoms. The van der Waals surface area contributed by atoms with Crippen molar-refractivity contribution in [2.24, 2.45) is 0 Å². The molecular formula is C22H19NO4. The zero-order chi connectivity index (χ0) is 19.0. The molecule has 0 saturated carbocycles. The molecule has 3 aromatic rings. The summed E-state index contributed by atoms with van der Waals surface area (Å²) in [7, 11) is 0. The molecule has 3 aromatic carbocycles. The van der Waals surface area contributed by atoms with Gasteiger partial charge in [-0.3, -0.25) is 4.79 Å². The van der Waals surface area contributed by atoms with E-state index in [-0.39, 0.29) is 17.2 Å². The second-order valence-corrected chi connectivity index (χ2v) is 6.59. The molecule has 5 nitrogen and oxygen atoms in total. The van der Waals surface area contributed by atoms with Crippen molar-refractivity contribution in [2.45, 2.75) is 20.0 Å². The predicted octanol–water partition coefficient (Wildman–Crippen LogP) is 4.09. The van der Waals surface area contributed by atoms with Gasteiger partial charge in [0.2, 0.25) is 0 Å². The second kappa shape index (κ2) is 6.76. The highest BCUT2D eigenvalue weighted by Gasteiger charge is 2.30. The highest BCUT2D eigenvalue weighted by molar-refractivity contribution is 6.01. The molecule has 4 rings (SSSR count). The van der Waals surface area contributed by atoms with Crippen molar-refractivity contribution < 1.29 is 19.4 Å². The van der Waals surface area contributed by atoms with Crippen LogP contribution in [0, 0.1) is 0 Å². The van der Waals surface area contributed by atoms with Crippen molar-refractivity contribution >= 4 is 22.6 Å². The Bertz CT molecular complexity index is 1060. The van der Waals surface area contributed by atoms with E-state index in [1.165, 1.54) is 0 Å². The molecule has 0 aromatic heterocycles. The number of hydrogen-bond donors (Lipinski definition) is 1. The topological polar surface area (TPSA) is 66.8 Å². The van der Waals surface area contributed by atoms with Crippen LogP contribution in [0.4, 0.5) is 0 Å². The third kappa shape index (κ3) is 3.12. The van der Waals surface area contributed by atoms with Gasteiger partial charge in [0, 0.05) is 18.7 Å². The number of rotatable bonds is 5. The van der Waals surface area contributed by atoms with E-state index < -0.39 is 5.97 Å². The molecular weight excluding hydrogens is 342 g/mol. The van der Waals surface area contributed by atoms with Crippen molar-refractivity contribution in [3.8, 4) is 5.75 Å². The first-order valence-corrected chi connectivity index (χ1v) is 8.87. The highest BCUT2D eigenvalue weighted by Crippen LogP contribution is 2.31. The number of ether oxygens (including phenoxy) is 1. The normalized spacial score (nSPS) is 13.1. The molecule has 1 aliphatic rings. The first kappa shape index (κ1) is 17.1. The number of carboxylic acid groups (broad SMARTS) is 1. The van der Waals surface area contributed by atoms with Crippen molar-refractivity contribution in [3.63, 3.8) is 0 Å². The van der Waals surface area contributed by atoms with E-state index in [2.05, 4.69) is 12.1 Å². The molecule has 136 valence electrons. The minimum Gasteiger partial charge on any atom is -0.493 e. The number of amides is 1. The number of benzene rings is 3. The predicted molar refractivity (Wildman–Crippen MR) is 102 cm³/mol. The Morgan fingerprint density at radius 3 is 2.63 bits per heavy atom. The summed E-state index contributed by atoms with van der Waals surface area (Å²) in [5.41, 5.74) is 2.38. The van der Waals surface area contributed by atoms with Gasteiger partial charge in [-0.2, -0.15) is 0 Å². The van der Waals surface area contributed by atoms with E-state index in [1.54, 1.807) is 24.0 Å². The van der Waals surface area contributed by atoms with E-state index in [0.717, 1.165) is 21.9 Å². The molecule has 0 fully saturated rings. The van der Waals surface area contributed by atoms with Gasteiger partial charge in [-0.15, -0.1) is 0 Å². The van der Waals surface area contributed by atoms with E-state index >= 15 is 0 Å². The van der Waals surface area contributed by atoms with E-state index in [0.29, 0.717) is 25.3 Å². The zero-order valence-corrected chi connectivity index (χ0v) is 14.9. The maximum Gasteiger partial charge on any atom is 0.339 e. The smallest absolute Gasteiger partial charge is 0.339 e. The Morgan fingerprint density at radius 1 is 1.11 bits per heavy atom. The van der Waals surface area contributed by atoms with Crippen molar-refractivity contribution in [1.29, 1.82) is 0 Å². The maximum absolute atomic E-state index is 12.8. The number of fused-ring (bicyclic) bond motifs is 2. The fraction of sp³-hybridized carbons (Fsp3) is 0.182. The summed E-state index contributed by atoms with van der Waals surface area (Å²) in [5.74, 6) is -0.914. The summed E-state index contributed by atoms with van der Waals surface area (Å²) in [4.78, 5) is 26.1. The molecule has 1 aliphatic heterocycles. The fourth-order valence-electron chi connectivity index (χ4n) is 3.53. The summed E-state index contributed by atoms with van der Waals surface area (Å²) < 4.78 is 5.42. The third-order valence-electron chi connectivity index (χ3n) is 4.80. The molecule has 0 aliphatic carbocycles. The molecule has 0 atom stereocenters. The molecule has 0 bridgehead atoms. The molecule has 1 heterocycles. The number of carboxylic acids is 1. The lowest BCUT2D eigenvalue weighted by atomic mass is 10.0. The van der Waals surface area contributed by atoms with Gasteiger partial charge in [0.1, 0.15) is 11.3 Å². The van der Waals surface area contributed by atoms with Crippen LogP contribution < -0.4 is 4.74 Å². The number of aromatic carboxylic acids is 1. The van der Waals surface area contributed by atoms with E-state index in [4.69, 9.17) is 4.74 Å². The van der Waals surface area contributed by atoms with Crippen molar-refractivity contribution in [2.75, 3.05) is 6.61 Å². The Morgan fingerprint density at radius 2 is 1.89 bits per heavy atom. The molecule has 5 heteroatoms. The molecule has 0 radical (unpaired) electrons. The fourth-order valence-corrected chi connectivity index (χ4v) is 3.53. The van der Waals surface area contributed by atoms with Crippen LogP contribution in [0.3, 0.4) is 0 Å². The molecule has 0 unspecified atom stereocenters. The lowest BCUT2D eigenvalue weighted by Crippen LogP contribution is -2.23. The van der Waals surface area contributed by atoms with Crippen LogP contribution in [-0.2, 0) is 13.1 Å². The van der Waals surface area contributed by atoms with Crippen molar-refractivity contribution in [3.05, 3.63) is 76.9 Å².